The van der Waals surface area contributed by atoms with Crippen LogP contribution in [0.2, 0.25) is 0 Å². The van der Waals surface area contributed by atoms with Crippen LogP contribution in [0, 0.1) is 18.3 Å². The highest BCUT2D eigenvalue weighted by Crippen LogP contribution is 2.24. The van der Waals surface area contributed by atoms with Crippen molar-refractivity contribution in [1.82, 2.24) is 15.0 Å². The first-order chi connectivity index (χ1) is 10.4. The van der Waals surface area contributed by atoms with E-state index in [0.717, 1.165) is 17.9 Å². The van der Waals surface area contributed by atoms with Gasteiger partial charge in [0, 0.05) is 18.4 Å². The summed E-state index contributed by atoms with van der Waals surface area (Å²) in [6, 6.07) is 10.1. The van der Waals surface area contributed by atoms with E-state index in [9.17, 15) is 0 Å². The molecule has 0 amide bonds. The SMILES string of the molecule is Cc1cccc(OCCCn2nnc(C#N)c2C(C)(C)C)c1. The third-order valence-corrected chi connectivity index (χ3v) is 3.32. The number of ether oxygens (including phenoxy) is 1. The van der Waals surface area contributed by atoms with Gasteiger partial charge in [0.25, 0.3) is 0 Å². The Balaban J connectivity index is 1.95. The number of benzene rings is 1. The highest BCUT2D eigenvalue weighted by Gasteiger charge is 2.25. The predicted molar refractivity (Wildman–Crippen MR) is 84.7 cm³/mol. The van der Waals surface area contributed by atoms with E-state index in [-0.39, 0.29) is 5.41 Å². The zero-order valence-corrected chi connectivity index (χ0v) is 13.6. The zero-order chi connectivity index (χ0) is 16.2. The van der Waals surface area contributed by atoms with Crippen molar-refractivity contribution < 1.29 is 4.74 Å². The minimum atomic E-state index is -0.161. The summed E-state index contributed by atoms with van der Waals surface area (Å²) in [5, 5.41) is 17.2. The molecule has 0 atom stereocenters. The van der Waals surface area contributed by atoms with Crippen LogP contribution in [0.4, 0.5) is 0 Å². The average molecular weight is 298 g/mol. The lowest BCUT2D eigenvalue weighted by Gasteiger charge is -2.19. The molecule has 1 aromatic carbocycles. The van der Waals surface area contributed by atoms with Gasteiger partial charge >= 0.3 is 0 Å². The van der Waals surface area contributed by atoms with E-state index in [1.165, 1.54) is 5.56 Å². The van der Waals surface area contributed by atoms with Gasteiger partial charge in [-0.15, -0.1) is 5.10 Å². The molecule has 0 saturated heterocycles. The summed E-state index contributed by atoms with van der Waals surface area (Å²) in [5.41, 5.74) is 2.31. The van der Waals surface area contributed by atoms with E-state index in [1.54, 1.807) is 0 Å². The minimum absolute atomic E-state index is 0.161. The molecule has 1 heterocycles. The molecule has 0 radical (unpaired) electrons. The molecule has 116 valence electrons. The van der Waals surface area contributed by atoms with E-state index in [1.807, 2.05) is 35.9 Å². The summed E-state index contributed by atoms with van der Waals surface area (Å²) >= 11 is 0. The molecule has 5 heteroatoms. The summed E-state index contributed by atoms with van der Waals surface area (Å²) in [4.78, 5) is 0. The number of rotatable bonds is 5. The fourth-order valence-corrected chi connectivity index (χ4v) is 2.40. The second kappa shape index (κ2) is 6.61. The topological polar surface area (TPSA) is 63.7 Å². The quantitative estimate of drug-likeness (QED) is 0.795. The molecule has 2 aromatic rings. The molecular weight excluding hydrogens is 276 g/mol. The molecule has 0 saturated carbocycles. The van der Waals surface area contributed by atoms with Crippen LogP contribution in [0.3, 0.4) is 0 Å². The summed E-state index contributed by atoms with van der Waals surface area (Å²) in [6.45, 7) is 9.52. The van der Waals surface area contributed by atoms with Crippen LogP contribution >= 0.6 is 0 Å². The Morgan fingerprint density at radius 3 is 2.73 bits per heavy atom. The highest BCUT2D eigenvalue weighted by molar-refractivity contribution is 5.30. The van der Waals surface area contributed by atoms with Crippen molar-refractivity contribution in [3.05, 3.63) is 41.2 Å². The Kier molecular flexibility index (Phi) is 4.81. The van der Waals surface area contributed by atoms with Crippen LogP contribution < -0.4 is 4.74 Å². The molecule has 0 spiro atoms. The Morgan fingerprint density at radius 1 is 1.32 bits per heavy atom. The summed E-state index contributed by atoms with van der Waals surface area (Å²) < 4.78 is 7.56. The molecule has 2 rings (SSSR count). The second-order valence-electron chi connectivity index (χ2n) is 6.39. The Morgan fingerprint density at radius 2 is 2.09 bits per heavy atom. The third-order valence-electron chi connectivity index (χ3n) is 3.32. The lowest BCUT2D eigenvalue weighted by molar-refractivity contribution is 0.294. The summed E-state index contributed by atoms with van der Waals surface area (Å²) in [6.07, 6.45) is 0.811. The Bertz CT molecular complexity index is 677. The lowest BCUT2D eigenvalue weighted by Crippen LogP contribution is -2.20. The van der Waals surface area contributed by atoms with Gasteiger partial charge in [0.2, 0.25) is 0 Å². The van der Waals surface area contributed by atoms with E-state index >= 15 is 0 Å². The smallest absolute Gasteiger partial charge is 0.186 e. The number of hydrogen-bond donors (Lipinski definition) is 0. The number of aryl methyl sites for hydroxylation is 2. The number of aromatic nitrogens is 3. The molecule has 0 aliphatic carbocycles. The van der Waals surface area contributed by atoms with E-state index < -0.39 is 0 Å². The predicted octanol–water partition coefficient (Wildman–Crippen LogP) is 3.22. The van der Waals surface area contributed by atoms with Crippen LogP contribution in [0.15, 0.2) is 24.3 Å². The average Bonchev–Trinajstić information content (AvgIpc) is 2.87. The van der Waals surface area contributed by atoms with Crippen molar-refractivity contribution in [1.29, 1.82) is 5.26 Å². The van der Waals surface area contributed by atoms with E-state index in [0.29, 0.717) is 18.8 Å². The maximum absolute atomic E-state index is 9.15. The number of hydrogen-bond acceptors (Lipinski definition) is 4. The second-order valence-corrected chi connectivity index (χ2v) is 6.39. The lowest BCUT2D eigenvalue weighted by atomic mass is 9.90. The molecular formula is C17H22N4O. The molecule has 0 aliphatic rings. The fraction of sp³-hybridized carbons (Fsp3) is 0.471. The molecule has 0 aliphatic heterocycles. The van der Waals surface area contributed by atoms with Crippen molar-refractivity contribution in [2.45, 2.75) is 46.1 Å². The zero-order valence-electron chi connectivity index (χ0n) is 13.6. The van der Waals surface area contributed by atoms with Crippen molar-refractivity contribution in [2.75, 3.05) is 6.61 Å². The molecule has 5 nitrogen and oxygen atoms in total. The fourth-order valence-electron chi connectivity index (χ4n) is 2.40. The minimum Gasteiger partial charge on any atom is -0.494 e. The number of nitrogens with zero attached hydrogens (tertiary/aromatic N) is 4. The van der Waals surface area contributed by atoms with Gasteiger partial charge < -0.3 is 4.74 Å². The normalized spacial score (nSPS) is 11.2. The van der Waals surface area contributed by atoms with Gasteiger partial charge in [-0.05, 0) is 24.6 Å². The molecule has 22 heavy (non-hydrogen) atoms. The van der Waals surface area contributed by atoms with Gasteiger partial charge in [0.15, 0.2) is 5.69 Å². The van der Waals surface area contributed by atoms with Crippen molar-refractivity contribution in [3.63, 3.8) is 0 Å². The Hall–Kier alpha value is -2.35. The summed E-state index contributed by atoms with van der Waals surface area (Å²) in [5.74, 6) is 0.882. The van der Waals surface area contributed by atoms with Crippen LogP contribution in [-0.2, 0) is 12.0 Å². The maximum Gasteiger partial charge on any atom is 0.186 e. The molecule has 0 N–H and O–H groups in total. The summed E-state index contributed by atoms with van der Waals surface area (Å²) in [7, 11) is 0. The van der Waals surface area contributed by atoms with E-state index in [4.69, 9.17) is 10.00 Å². The molecule has 1 aromatic heterocycles. The van der Waals surface area contributed by atoms with Crippen LogP contribution in [0.25, 0.3) is 0 Å². The largest absolute Gasteiger partial charge is 0.494 e. The van der Waals surface area contributed by atoms with Crippen molar-refractivity contribution in [2.24, 2.45) is 0 Å². The maximum atomic E-state index is 9.15. The van der Waals surface area contributed by atoms with Crippen LogP contribution in [-0.4, -0.2) is 21.6 Å². The van der Waals surface area contributed by atoms with Gasteiger partial charge in [0.05, 0.1) is 12.3 Å². The molecule has 0 unspecified atom stereocenters. The monoisotopic (exact) mass is 298 g/mol. The van der Waals surface area contributed by atoms with Crippen molar-refractivity contribution >= 4 is 0 Å². The van der Waals surface area contributed by atoms with Crippen LogP contribution in [0.5, 0.6) is 5.75 Å². The van der Waals surface area contributed by atoms with Gasteiger partial charge in [-0.1, -0.05) is 38.1 Å². The van der Waals surface area contributed by atoms with Crippen LogP contribution in [0.1, 0.15) is 44.1 Å². The first-order valence-electron chi connectivity index (χ1n) is 7.45. The first kappa shape index (κ1) is 16.0. The highest BCUT2D eigenvalue weighted by atomic mass is 16.5. The molecule has 0 bridgehead atoms. The van der Waals surface area contributed by atoms with E-state index in [2.05, 4.69) is 37.2 Å². The third kappa shape index (κ3) is 3.85. The van der Waals surface area contributed by atoms with Gasteiger partial charge in [-0.3, -0.25) is 0 Å². The van der Waals surface area contributed by atoms with Crippen molar-refractivity contribution in [3.8, 4) is 11.8 Å². The van der Waals surface area contributed by atoms with Gasteiger partial charge in [0.1, 0.15) is 11.8 Å². The van der Waals surface area contributed by atoms with Gasteiger partial charge in [-0.25, -0.2) is 4.68 Å². The standard InChI is InChI=1S/C17H22N4O/c1-13-7-5-8-14(11-13)22-10-6-9-21-16(17(2,3)4)15(12-18)19-20-21/h5,7-8,11H,6,9-10H2,1-4H3. The first-order valence-corrected chi connectivity index (χ1v) is 7.45. The Labute approximate surface area is 131 Å². The number of nitriles is 1. The molecule has 0 fully saturated rings. The van der Waals surface area contributed by atoms with Gasteiger partial charge in [-0.2, -0.15) is 5.26 Å².